The number of aromatic nitrogens is 2. The Morgan fingerprint density at radius 1 is 1.29 bits per heavy atom. The number of hydrazine groups is 1. The molecule has 0 aliphatic carbocycles. The van der Waals surface area contributed by atoms with Crippen LogP contribution in [0.15, 0.2) is 35.1 Å². The lowest BCUT2D eigenvalue weighted by Gasteiger charge is -2.12. The maximum Gasteiger partial charge on any atom is 0.270 e. The van der Waals surface area contributed by atoms with Crippen molar-refractivity contribution in [2.24, 2.45) is 0 Å². The van der Waals surface area contributed by atoms with Gasteiger partial charge in [0.15, 0.2) is 11.6 Å². The number of rotatable bonds is 5. The zero-order valence-corrected chi connectivity index (χ0v) is 12.9. The average molecular weight is 351 g/mol. The van der Waals surface area contributed by atoms with Crippen LogP contribution in [-0.4, -0.2) is 22.4 Å². The van der Waals surface area contributed by atoms with Crippen molar-refractivity contribution >= 4 is 39.2 Å². The van der Waals surface area contributed by atoms with Crippen LogP contribution in [0.1, 0.15) is 17.3 Å². The zero-order chi connectivity index (χ0) is 15.2. The Labute approximate surface area is 130 Å². The Balaban J connectivity index is 2.08. The van der Waals surface area contributed by atoms with Crippen molar-refractivity contribution in [2.45, 2.75) is 6.92 Å². The van der Waals surface area contributed by atoms with Crippen LogP contribution in [0.25, 0.3) is 0 Å². The summed E-state index contributed by atoms with van der Waals surface area (Å²) in [5.74, 6) is 0.553. The predicted molar refractivity (Wildman–Crippen MR) is 85.8 cm³/mol. The number of carbonyl (C=O) groups excluding carboxylic acids is 1. The Bertz CT molecular complexity index is 648. The summed E-state index contributed by atoms with van der Waals surface area (Å²) in [5.41, 5.74) is 12.0. The van der Waals surface area contributed by atoms with Gasteiger partial charge in [0.1, 0.15) is 12.0 Å². The molecule has 1 aromatic heterocycles. The van der Waals surface area contributed by atoms with Crippen molar-refractivity contribution in [1.29, 1.82) is 0 Å². The van der Waals surface area contributed by atoms with Gasteiger partial charge in [0.25, 0.3) is 5.91 Å². The normalized spacial score (nSPS) is 10.0. The van der Waals surface area contributed by atoms with Gasteiger partial charge in [-0.3, -0.25) is 15.6 Å². The molecule has 21 heavy (non-hydrogen) atoms. The summed E-state index contributed by atoms with van der Waals surface area (Å²) >= 11 is 3.32. The molecule has 110 valence electrons. The van der Waals surface area contributed by atoms with E-state index in [0.29, 0.717) is 33.9 Å². The van der Waals surface area contributed by atoms with Crippen LogP contribution in [0, 0.1) is 0 Å². The maximum absolute atomic E-state index is 12.1. The van der Waals surface area contributed by atoms with Crippen molar-refractivity contribution in [2.75, 3.05) is 23.0 Å². The fourth-order valence-electron chi connectivity index (χ4n) is 1.63. The van der Waals surface area contributed by atoms with Crippen LogP contribution < -0.4 is 21.9 Å². The molecule has 1 aromatic carbocycles. The van der Waals surface area contributed by atoms with E-state index in [0.717, 1.165) is 0 Å². The number of nitrogens with one attached hydrogen (secondary N) is 3. The number of nitrogens with zero attached hydrogens (tertiary/aromatic N) is 2. The van der Waals surface area contributed by atoms with E-state index in [4.69, 9.17) is 5.73 Å². The summed E-state index contributed by atoms with van der Waals surface area (Å²) in [6, 6.07) is 7.10. The first-order valence-electron chi connectivity index (χ1n) is 6.28. The first-order chi connectivity index (χ1) is 10.1. The van der Waals surface area contributed by atoms with Crippen molar-refractivity contribution in [3.05, 3.63) is 40.6 Å². The molecule has 0 aliphatic rings. The third kappa shape index (κ3) is 3.60. The molecule has 0 spiro atoms. The minimum Gasteiger partial charge on any atom is -0.393 e. The highest BCUT2D eigenvalue weighted by Gasteiger charge is 2.11. The molecular formula is C13H15BrN6O. The molecule has 0 bridgehead atoms. The lowest BCUT2D eigenvalue weighted by molar-refractivity contribution is 0.0962. The molecule has 2 rings (SSSR count). The highest BCUT2D eigenvalue weighted by atomic mass is 79.9. The van der Waals surface area contributed by atoms with E-state index in [-0.39, 0.29) is 5.91 Å². The van der Waals surface area contributed by atoms with Crippen LogP contribution >= 0.6 is 15.9 Å². The van der Waals surface area contributed by atoms with Crippen LogP contribution in [0.3, 0.4) is 0 Å². The standard InChI is InChI=1S/C13H15BrN6O/c1-2-16-11-10(15)12(18-7-17-11)19-20-13(21)8-5-3-4-6-9(8)14/h3-7H,2,15H2,1H3,(H,20,21)(H2,16,17,18,19). The van der Waals surface area contributed by atoms with Crippen molar-refractivity contribution in [3.8, 4) is 0 Å². The van der Waals surface area contributed by atoms with E-state index in [1.165, 1.54) is 6.33 Å². The summed E-state index contributed by atoms with van der Waals surface area (Å²) in [6.07, 6.45) is 1.36. The minimum absolute atomic E-state index is 0.300. The SMILES string of the molecule is CCNc1ncnc(NNC(=O)c2ccccc2Br)c1N. The van der Waals surface area contributed by atoms with E-state index in [1.54, 1.807) is 18.2 Å². The number of amides is 1. The van der Waals surface area contributed by atoms with Gasteiger partial charge in [-0.2, -0.15) is 0 Å². The number of nitrogens with two attached hydrogens (primary N) is 1. The van der Waals surface area contributed by atoms with Gasteiger partial charge in [-0.05, 0) is 35.0 Å². The number of benzene rings is 1. The van der Waals surface area contributed by atoms with Crippen LogP contribution in [-0.2, 0) is 0 Å². The first kappa shape index (κ1) is 15.0. The highest BCUT2D eigenvalue weighted by Crippen LogP contribution is 2.21. The number of anilines is 3. The molecular weight excluding hydrogens is 336 g/mol. The lowest BCUT2D eigenvalue weighted by atomic mass is 10.2. The zero-order valence-electron chi connectivity index (χ0n) is 11.4. The Morgan fingerprint density at radius 3 is 2.71 bits per heavy atom. The second-order valence-electron chi connectivity index (χ2n) is 4.07. The topological polar surface area (TPSA) is 105 Å². The number of hydrogen-bond donors (Lipinski definition) is 4. The van der Waals surface area contributed by atoms with Gasteiger partial charge < -0.3 is 11.1 Å². The maximum atomic E-state index is 12.1. The molecule has 0 saturated heterocycles. The van der Waals surface area contributed by atoms with Gasteiger partial charge >= 0.3 is 0 Å². The molecule has 0 fully saturated rings. The number of carbonyl (C=O) groups is 1. The van der Waals surface area contributed by atoms with E-state index in [9.17, 15) is 4.79 Å². The predicted octanol–water partition coefficient (Wildman–Crippen LogP) is 2.01. The smallest absolute Gasteiger partial charge is 0.270 e. The minimum atomic E-state index is -0.300. The van der Waals surface area contributed by atoms with Crippen molar-refractivity contribution in [1.82, 2.24) is 15.4 Å². The number of halogens is 1. The molecule has 1 amide bonds. The molecule has 1 heterocycles. The van der Waals surface area contributed by atoms with Gasteiger partial charge in [0, 0.05) is 11.0 Å². The Kier molecular flexibility index (Phi) is 4.94. The van der Waals surface area contributed by atoms with Crippen LogP contribution in [0.2, 0.25) is 0 Å². The molecule has 7 nitrogen and oxygen atoms in total. The molecule has 5 N–H and O–H groups in total. The van der Waals surface area contributed by atoms with Gasteiger partial charge in [0.2, 0.25) is 0 Å². The second-order valence-corrected chi connectivity index (χ2v) is 4.93. The molecule has 8 heteroatoms. The van der Waals surface area contributed by atoms with E-state index < -0.39 is 0 Å². The third-order valence-corrected chi connectivity index (χ3v) is 3.33. The monoisotopic (exact) mass is 350 g/mol. The van der Waals surface area contributed by atoms with E-state index in [2.05, 4.69) is 42.1 Å². The number of hydrogen-bond acceptors (Lipinski definition) is 6. The Hall–Kier alpha value is -2.35. The lowest BCUT2D eigenvalue weighted by Crippen LogP contribution is -2.30. The Morgan fingerprint density at radius 2 is 2.00 bits per heavy atom. The van der Waals surface area contributed by atoms with Gasteiger partial charge in [-0.25, -0.2) is 9.97 Å². The number of nitrogen functional groups attached to an aromatic ring is 1. The van der Waals surface area contributed by atoms with E-state index in [1.807, 2.05) is 13.0 Å². The molecule has 2 aromatic rings. The van der Waals surface area contributed by atoms with Crippen LogP contribution in [0.5, 0.6) is 0 Å². The molecule has 0 aliphatic heterocycles. The van der Waals surface area contributed by atoms with Gasteiger partial charge in [-0.15, -0.1) is 0 Å². The summed E-state index contributed by atoms with van der Waals surface area (Å²) in [6.45, 7) is 2.62. The summed E-state index contributed by atoms with van der Waals surface area (Å²) in [5, 5.41) is 3.01. The molecule has 0 saturated carbocycles. The van der Waals surface area contributed by atoms with Gasteiger partial charge in [-0.1, -0.05) is 12.1 Å². The highest BCUT2D eigenvalue weighted by molar-refractivity contribution is 9.10. The third-order valence-electron chi connectivity index (χ3n) is 2.64. The second kappa shape index (κ2) is 6.89. The van der Waals surface area contributed by atoms with E-state index >= 15 is 0 Å². The van der Waals surface area contributed by atoms with Crippen LogP contribution in [0.4, 0.5) is 17.3 Å². The summed E-state index contributed by atoms with van der Waals surface area (Å²) < 4.78 is 0.702. The fraction of sp³-hybridized carbons (Fsp3) is 0.154. The molecule has 0 radical (unpaired) electrons. The van der Waals surface area contributed by atoms with Gasteiger partial charge in [0.05, 0.1) is 5.56 Å². The fourth-order valence-corrected chi connectivity index (χ4v) is 2.10. The summed E-state index contributed by atoms with van der Waals surface area (Å²) in [4.78, 5) is 20.1. The summed E-state index contributed by atoms with van der Waals surface area (Å²) in [7, 11) is 0. The molecule has 0 unspecified atom stereocenters. The van der Waals surface area contributed by atoms with Crippen molar-refractivity contribution < 1.29 is 4.79 Å². The first-order valence-corrected chi connectivity index (χ1v) is 7.08. The van der Waals surface area contributed by atoms with Crippen molar-refractivity contribution in [3.63, 3.8) is 0 Å². The largest absolute Gasteiger partial charge is 0.393 e. The molecule has 0 atom stereocenters. The average Bonchev–Trinajstić information content (AvgIpc) is 2.48. The quantitative estimate of drug-likeness (QED) is 0.614.